The van der Waals surface area contributed by atoms with E-state index in [0.717, 1.165) is 5.56 Å². The smallest absolute Gasteiger partial charge is 0.407 e. The molecule has 2 aliphatic carbocycles. The average Bonchev–Trinajstić information content (AvgIpc) is 2.93. The predicted octanol–water partition coefficient (Wildman–Crippen LogP) is 2.14. The average molecular weight is 603 g/mol. The van der Waals surface area contributed by atoms with Crippen LogP contribution in [0.2, 0.25) is 0 Å². The van der Waals surface area contributed by atoms with E-state index < -0.39 is 63.7 Å². The first kappa shape index (κ1) is 32.9. The molecule has 1 aliphatic heterocycles. The number of alkyl carbamates (subject to hydrolysis) is 1. The first-order valence-electron chi connectivity index (χ1n) is 14.9. The minimum absolute atomic E-state index is 0.0170. The highest BCUT2D eigenvalue weighted by atomic mass is 16.6. The number of ether oxygens (including phenoxy) is 2. The fourth-order valence-corrected chi connectivity index (χ4v) is 8.01. The molecule has 0 bridgehead atoms. The predicted molar refractivity (Wildman–Crippen MR) is 157 cm³/mol. The fourth-order valence-electron chi connectivity index (χ4n) is 8.01. The number of carbonyl (C=O) groups excluding carboxylic acids is 3. The monoisotopic (exact) mass is 602 g/mol. The summed E-state index contributed by atoms with van der Waals surface area (Å²) in [6, 6.07) is 6.58. The van der Waals surface area contributed by atoms with Crippen LogP contribution in [-0.4, -0.2) is 86.4 Å². The van der Waals surface area contributed by atoms with Gasteiger partial charge in [-0.15, -0.1) is 6.58 Å². The molecule has 1 aromatic rings. The number of ketones is 1. The Morgan fingerprint density at radius 2 is 1.72 bits per heavy atom. The molecule has 3 aliphatic rings. The molecule has 0 aromatic heterocycles. The molecule has 0 spiro atoms. The number of nitrogens with one attached hydrogen (secondary N) is 2. The van der Waals surface area contributed by atoms with Crippen molar-refractivity contribution >= 4 is 17.8 Å². The SMILES string of the molecule is C=C[C@@]1(C)CC(=O)[C@]2(O)[C@@]3(C)[C@@H](O)CCC(C)(C)[C@@H]3[C@H](O)[C@H](OC(=O)NCCNC(=O)CCc3ccc(O)cc3)[C@@]2(C)O1. The molecule has 6 N–H and O–H groups in total. The van der Waals surface area contributed by atoms with Gasteiger partial charge in [-0.05, 0) is 56.2 Å². The number of hydrogen-bond acceptors (Lipinski definition) is 9. The van der Waals surface area contributed by atoms with Crippen LogP contribution in [-0.2, 0) is 25.5 Å². The normalized spacial score (nSPS) is 38.3. The van der Waals surface area contributed by atoms with Crippen LogP contribution in [0.3, 0.4) is 0 Å². The van der Waals surface area contributed by atoms with E-state index in [1.165, 1.54) is 13.0 Å². The van der Waals surface area contributed by atoms with Crippen LogP contribution in [0.15, 0.2) is 36.9 Å². The molecule has 238 valence electrons. The molecule has 2 saturated carbocycles. The van der Waals surface area contributed by atoms with Gasteiger partial charge in [0.15, 0.2) is 17.5 Å². The Morgan fingerprint density at radius 1 is 1.09 bits per heavy atom. The third-order valence-electron chi connectivity index (χ3n) is 10.3. The number of rotatable bonds is 8. The maximum absolute atomic E-state index is 13.9. The number of hydrogen-bond donors (Lipinski definition) is 6. The van der Waals surface area contributed by atoms with Gasteiger partial charge in [-0.1, -0.05) is 39.0 Å². The van der Waals surface area contributed by atoms with Gasteiger partial charge < -0.3 is 40.5 Å². The van der Waals surface area contributed by atoms with Gasteiger partial charge in [0.05, 0.1) is 17.8 Å². The number of carbonyl (C=O) groups is 3. The Morgan fingerprint density at radius 3 is 2.35 bits per heavy atom. The molecule has 0 unspecified atom stereocenters. The zero-order valence-corrected chi connectivity index (χ0v) is 25.7. The number of phenolic OH excluding ortho intramolecular Hbond substituents is 1. The summed E-state index contributed by atoms with van der Waals surface area (Å²) in [4.78, 5) is 39.3. The first-order valence-corrected chi connectivity index (χ1v) is 14.9. The van der Waals surface area contributed by atoms with Crippen LogP contribution in [0.25, 0.3) is 0 Å². The Hall–Kier alpha value is -2.99. The van der Waals surface area contributed by atoms with Gasteiger partial charge in [-0.2, -0.15) is 0 Å². The molecule has 1 aromatic carbocycles. The number of benzene rings is 1. The van der Waals surface area contributed by atoms with Crippen LogP contribution < -0.4 is 10.6 Å². The van der Waals surface area contributed by atoms with E-state index in [9.17, 15) is 34.8 Å². The van der Waals surface area contributed by atoms with Gasteiger partial charge in [0.2, 0.25) is 5.91 Å². The first-order chi connectivity index (χ1) is 19.9. The number of amides is 2. The summed E-state index contributed by atoms with van der Waals surface area (Å²) in [5.74, 6) is -1.48. The van der Waals surface area contributed by atoms with Crippen molar-refractivity contribution in [2.24, 2.45) is 16.7 Å². The molecular formula is C32H46N2O9. The van der Waals surface area contributed by atoms with E-state index in [1.807, 2.05) is 13.8 Å². The van der Waals surface area contributed by atoms with Gasteiger partial charge in [-0.3, -0.25) is 9.59 Å². The van der Waals surface area contributed by atoms with Crippen molar-refractivity contribution in [3.05, 3.63) is 42.5 Å². The summed E-state index contributed by atoms with van der Waals surface area (Å²) in [5, 5.41) is 50.4. The second-order valence-corrected chi connectivity index (χ2v) is 13.6. The highest BCUT2D eigenvalue weighted by Crippen LogP contribution is 2.67. The van der Waals surface area contributed by atoms with Gasteiger partial charge in [0.25, 0.3) is 0 Å². The molecule has 11 nitrogen and oxygen atoms in total. The Balaban J connectivity index is 1.49. The molecular weight excluding hydrogens is 556 g/mol. The van der Waals surface area contributed by atoms with Crippen LogP contribution >= 0.6 is 0 Å². The lowest BCUT2D eigenvalue weighted by Crippen LogP contribution is -2.86. The molecule has 1 heterocycles. The highest BCUT2D eigenvalue weighted by Gasteiger charge is 2.81. The van der Waals surface area contributed by atoms with Crippen molar-refractivity contribution in [2.75, 3.05) is 13.1 Å². The van der Waals surface area contributed by atoms with Crippen LogP contribution in [0, 0.1) is 16.7 Å². The third-order valence-corrected chi connectivity index (χ3v) is 10.3. The molecule has 0 radical (unpaired) electrons. The molecule has 43 heavy (non-hydrogen) atoms. The number of aliphatic hydroxyl groups excluding tert-OH is 2. The number of phenols is 1. The maximum atomic E-state index is 13.9. The van der Waals surface area contributed by atoms with Crippen molar-refractivity contribution in [2.45, 2.75) is 102 Å². The van der Waals surface area contributed by atoms with E-state index in [1.54, 1.807) is 38.1 Å². The van der Waals surface area contributed by atoms with Gasteiger partial charge in [0, 0.05) is 37.3 Å². The number of aliphatic hydroxyl groups is 3. The van der Waals surface area contributed by atoms with Crippen LogP contribution in [0.1, 0.15) is 65.9 Å². The summed E-state index contributed by atoms with van der Waals surface area (Å²) in [7, 11) is 0. The number of Topliss-reactive ketones (excluding diaryl/α,β-unsaturated/α-hetero) is 1. The van der Waals surface area contributed by atoms with Crippen molar-refractivity contribution in [1.82, 2.24) is 10.6 Å². The molecule has 1 saturated heterocycles. The minimum Gasteiger partial charge on any atom is -0.508 e. The summed E-state index contributed by atoms with van der Waals surface area (Å²) >= 11 is 0. The zero-order chi connectivity index (χ0) is 32.0. The van der Waals surface area contributed by atoms with Gasteiger partial charge in [-0.25, -0.2) is 4.79 Å². The molecule has 2 amide bonds. The Bertz CT molecular complexity index is 1250. The van der Waals surface area contributed by atoms with E-state index in [-0.39, 0.29) is 37.6 Å². The minimum atomic E-state index is -2.31. The van der Waals surface area contributed by atoms with Gasteiger partial charge in [0.1, 0.15) is 11.4 Å². The van der Waals surface area contributed by atoms with E-state index in [4.69, 9.17) is 9.47 Å². The second kappa shape index (κ2) is 11.5. The number of aromatic hydroxyl groups is 1. The van der Waals surface area contributed by atoms with E-state index in [0.29, 0.717) is 19.3 Å². The quantitative estimate of drug-likeness (QED) is 0.192. The third kappa shape index (κ3) is 5.45. The largest absolute Gasteiger partial charge is 0.508 e. The fraction of sp³-hybridized carbons (Fsp3) is 0.656. The van der Waals surface area contributed by atoms with E-state index in [2.05, 4.69) is 17.2 Å². The highest BCUT2D eigenvalue weighted by molar-refractivity contribution is 5.92. The lowest BCUT2D eigenvalue weighted by molar-refractivity contribution is -0.369. The summed E-state index contributed by atoms with van der Waals surface area (Å²) in [6.07, 6.45) is -2.17. The zero-order valence-electron chi connectivity index (χ0n) is 25.7. The van der Waals surface area contributed by atoms with E-state index >= 15 is 0 Å². The van der Waals surface area contributed by atoms with Crippen molar-refractivity contribution in [1.29, 1.82) is 0 Å². The van der Waals surface area contributed by atoms with Crippen LogP contribution in [0.4, 0.5) is 4.79 Å². The summed E-state index contributed by atoms with van der Waals surface area (Å²) < 4.78 is 12.2. The van der Waals surface area contributed by atoms with Crippen LogP contribution in [0.5, 0.6) is 5.75 Å². The standard InChI is InChI=1S/C32H46N2O9/c1-7-29(4)18-22(37)32(41)30(5)21(36)14-15-28(2,3)25(30)24(39)26(31(32,6)43-29)42-27(40)34-17-16-33-23(38)13-10-19-8-11-20(35)12-9-19/h7-9,11-12,21,24-26,35-36,39,41H,1,10,13-18H2,2-6H3,(H,33,38)(H,34,40)/t21-,24-,25-,26-,29-,30-,31+,32-/m0/s1. The summed E-state index contributed by atoms with van der Waals surface area (Å²) in [5.41, 5.74) is -6.71. The second-order valence-electron chi connectivity index (χ2n) is 13.6. The lowest BCUT2D eigenvalue weighted by atomic mass is 9.40. The van der Waals surface area contributed by atoms with Crippen molar-refractivity contribution in [3.8, 4) is 5.75 Å². The molecule has 4 rings (SSSR count). The Kier molecular flexibility index (Phi) is 8.80. The number of aryl methyl sites for hydroxylation is 1. The van der Waals surface area contributed by atoms with Crippen molar-refractivity contribution < 1.29 is 44.3 Å². The number of fused-ring (bicyclic) bond motifs is 3. The topological polar surface area (TPSA) is 175 Å². The van der Waals surface area contributed by atoms with Gasteiger partial charge >= 0.3 is 6.09 Å². The lowest BCUT2D eigenvalue weighted by Gasteiger charge is -2.71. The maximum Gasteiger partial charge on any atom is 0.407 e. The molecule has 3 fully saturated rings. The molecule has 8 atom stereocenters. The van der Waals surface area contributed by atoms with Crippen molar-refractivity contribution in [3.63, 3.8) is 0 Å². The molecule has 11 heteroatoms. The summed E-state index contributed by atoms with van der Waals surface area (Å²) in [6.45, 7) is 12.4. The Labute approximate surface area is 252 Å².